The summed E-state index contributed by atoms with van der Waals surface area (Å²) in [7, 11) is -2.61. The van der Waals surface area contributed by atoms with Gasteiger partial charge >= 0.3 is 6.09 Å². The van der Waals surface area contributed by atoms with Gasteiger partial charge in [-0.3, -0.25) is 4.90 Å². The molecule has 0 spiro atoms. The third-order valence-corrected chi connectivity index (χ3v) is 11.7. The van der Waals surface area contributed by atoms with Crippen molar-refractivity contribution in [2.75, 3.05) is 6.61 Å². The molecule has 1 heterocycles. The zero-order valence-electron chi connectivity index (χ0n) is 20.3. The summed E-state index contributed by atoms with van der Waals surface area (Å²) in [6.07, 6.45) is 1.90. The number of amides is 1. The van der Waals surface area contributed by atoms with Gasteiger partial charge in [0.15, 0.2) is 0 Å². The minimum atomic E-state index is -2.61. The highest BCUT2D eigenvalue weighted by atomic mass is 28.4. The molecule has 0 bridgehead atoms. The molecular formula is C27H37NO3Si. The number of benzene rings is 2. The molecule has 1 aliphatic heterocycles. The average molecular weight is 452 g/mol. The van der Waals surface area contributed by atoms with Crippen molar-refractivity contribution in [1.82, 2.24) is 4.90 Å². The van der Waals surface area contributed by atoms with Crippen LogP contribution in [0.4, 0.5) is 4.79 Å². The van der Waals surface area contributed by atoms with Crippen molar-refractivity contribution in [2.45, 2.75) is 77.1 Å². The van der Waals surface area contributed by atoms with E-state index in [0.717, 1.165) is 12.8 Å². The Kier molecular flexibility index (Phi) is 6.01. The standard InChI is InChI=1S/C27H37NO3Si/c1-26(2,3)31-25(29)28-21(17-20-18-24(20)28)19-30-32(27(4,5)6,22-13-9-7-10-14-22)23-15-11-8-12-16-23/h7-16,20-21,24H,17-19H2,1-6H3. The van der Waals surface area contributed by atoms with Crippen LogP contribution in [-0.2, 0) is 9.16 Å². The van der Waals surface area contributed by atoms with Crippen LogP contribution in [0.25, 0.3) is 0 Å². The molecule has 0 N–H and O–H groups in total. The van der Waals surface area contributed by atoms with Crippen LogP contribution in [0.1, 0.15) is 54.4 Å². The Hall–Kier alpha value is -2.11. The highest BCUT2D eigenvalue weighted by Crippen LogP contribution is 2.49. The van der Waals surface area contributed by atoms with Gasteiger partial charge < -0.3 is 9.16 Å². The smallest absolute Gasteiger partial charge is 0.410 e. The number of hydrogen-bond acceptors (Lipinski definition) is 3. The molecule has 0 aromatic heterocycles. The van der Waals surface area contributed by atoms with E-state index in [4.69, 9.17) is 9.16 Å². The fourth-order valence-electron chi connectivity index (χ4n) is 5.29. The predicted octanol–water partition coefficient (Wildman–Crippen LogP) is 4.96. The van der Waals surface area contributed by atoms with Crippen LogP contribution < -0.4 is 10.4 Å². The van der Waals surface area contributed by atoms with E-state index in [-0.39, 0.29) is 17.2 Å². The van der Waals surface area contributed by atoms with Gasteiger partial charge in [0, 0.05) is 6.04 Å². The first-order valence-corrected chi connectivity index (χ1v) is 13.7. The maximum Gasteiger partial charge on any atom is 0.410 e. The van der Waals surface area contributed by atoms with E-state index in [1.54, 1.807) is 0 Å². The van der Waals surface area contributed by atoms with Gasteiger partial charge in [-0.05, 0) is 54.9 Å². The summed E-state index contributed by atoms with van der Waals surface area (Å²) in [5, 5.41) is 2.46. The van der Waals surface area contributed by atoms with Gasteiger partial charge in [-0.2, -0.15) is 0 Å². The largest absolute Gasteiger partial charge is 0.444 e. The first-order valence-electron chi connectivity index (χ1n) is 11.8. The molecule has 1 aliphatic carbocycles. The van der Waals surface area contributed by atoms with E-state index in [9.17, 15) is 4.79 Å². The van der Waals surface area contributed by atoms with Crippen molar-refractivity contribution >= 4 is 24.8 Å². The molecule has 2 aromatic carbocycles. The fourth-order valence-corrected chi connectivity index (χ4v) is 9.89. The molecule has 2 aliphatic rings. The molecule has 4 rings (SSSR count). The highest BCUT2D eigenvalue weighted by molar-refractivity contribution is 6.99. The quantitative estimate of drug-likeness (QED) is 0.603. The minimum absolute atomic E-state index is 0.0650. The monoisotopic (exact) mass is 451 g/mol. The number of nitrogens with zero attached hydrogens (tertiary/aromatic N) is 1. The van der Waals surface area contributed by atoms with Gasteiger partial charge in [0.25, 0.3) is 8.32 Å². The van der Waals surface area contributed by atoms with Crippen LogP contribution in [0.5, 0.6) is 0 Å². The van der Waals surface area contributed by atoms with Crippen molar-refractivity contribution < 1.29 is 14.0 Å². The van der Waals surface area contributed by atoms with Crippen LogP contribution >= 0.6 is 0 Å². The molecule has 3 atom stereocenters. The zero-order chi connectivity index (χ0) is 23.1. The van der Waals surface area contributed by atoms with E-state index >= 15 is 0 Å². The molecule has 3 unspecified atom stereocenters. The first kappa shape index (κ1) is 23.1. The fraction of sp³-hybridized carbons (Fsp3) is 0.519. The summed E-state index contributed by atoms with van der Waals surface area (Å²) < 4.78 is 12.9. The topological polar surface area (TPSA) is 38.8 Å². The van der Waals surface area contributed by atoms with Gasteiger partial charge in [-0.15, -0.1) is 0 Å². The normalized spacial score (nSPS) is 23.1. The molecule has 2 aromatic rings. The van der Waals surface area contributed by atoms with E-state index in [0.29, 0.717) is 18.6 Å². The molecule has 172 valence electrons. The van der Waals surface area contributed by atoms with Gasteiger partial charge in [-0.25, -0.2) is 4.79 Å². The lowest BCUT2D eigenvalue weighted by Crippen LogP contribution is -2.67. The summed E-state index contributed by atoms with van der Waals surface area (Å²) >= 11 is 0. The summed E-state index contributed by atoms with van der Waals surface area (Å²) in [6, 6.07) is 21.8. The number of likely N-dealkylation sites (tertiary alicyclic amines) is 1. The molecule has 32 heavy (non-hydrogen) atoms. The highest BCUT2D eigenvalue weighted by Gasteiger charge is 2.57. The van der Waals surface area contributed by atoms with Crippen LogP contribution in [0.2, 0.25) is 5.04 Å². The van der Waals surface area contributed by atoms with E-state index in [2.05, 4.69) is 81.4 Å². The Labute approximate surface area is 194 Å². The molecule has 2 fully saturated rings. The van der Waals surface area contributed by atoms with Crippen molar-refractivity contribution in [3.8, 4) is 0 Å². The maximum absolute atomic E-state index is 13.0. The third-order valence-electron chi connectivity index (χ3n) is 6.72. The number of piperidine rings is 1. The van der Waals surface area contributed by atoms with Gasteiger partial charge in [0.1, 0.15) is 5.60 Å². The predicted molar refractivity (Wildman–Crippen MR) is 132 cm³/mol. The first-order chi connectivity index (χ1) is 15.0. The van der Waals surface area contributed by atoms with E-state index in [1.165, 1.54) is 10.4 Å². The third kappa shape index (κ3) is 4.37. The lowest BCUT2D eigenvalue weighted by atomic mass is 10.2. The van der Waals surface area contributed by atoms with E-state index < -0.39 is 13.9 Å². The molecule has 0 radical (unpaired) electrons. The molecule has 4 nitrogen and oxygen atoms in total. The Bertz CT molecular complexity index is 893. The summed E-state index contributed by atoms with van der Waals surface area (Å²) in [5.41, 5.74) is -0.493. The van der Waals surface area contributed by atoms with Gasteiger partial charge in [0.05, 0.1) is 12.6 Å². The van der Waals surface area contributed by atoms with Crippen LogP contribution in [0.3, 0.4) is 0 Å². The van der Waals surface area contributed by atoms with E-state index in [1.807, 2.05) is 25.7 Å². The zero-order valence-corrected chi connectivity index (χ0v) is 21.3. The number of carbonyl (C=O) groups excluding carboxylic acids is 1. The summed E-state index contributed by atoms with van der Waals surface area (Å²) in [5.74, 6) is 0.593. The lowest BCUT2D eigenvalue weighted by Gasteiger charge is -2.44. The second-order valence-electron chi connectivity index (χ2n) is 11.3. The Morgan fingerprint density at radius 1 is 0.906 bits per heavy atom. The van der Waals surface area contributed by atoms with Crippen LogP contribution in [0.15, 0.2) is 60.7 Å². The van der Waals surface area contributed by atoms with Crippen molar-refractivity contribution in [3.63, 3.8) is 0 Å². The second kappa shape index (κ2) is 8.34. The molecule has 1 amide bonds. The second-order valence-corrected chi connectivity index (χ2v) is 15.6. The summed E-state index contributed by atoms with van der Waals surface area (Å²) in [4.78, 5) is 15.0. The van der Waals surface area contributed by atoms with Crippen LogP contribution in [0, 0.1) is 5.92 Å². The minimum Gasteiger partial charge on any atom is -0.444 e. The van der Waals surface area contributed by atoms with Crippen LogP contribution in [-0.4, -0.2) is 43.6 Å². The molecule has 1 saturated heterocycles. The number of ether oxygens (including phenoxy) is 1. The van der Waals surface area contributed by atoms with Crippen molar-refractivity contribution in [2.24, 2.45) is 5.92 Å². The van der Waals surface area contributed by atoms with Crippen molar-refractivity contribution in [1.29, 1.82) is 0 Å². The molecule has 1 saturated carbocycles. The summed E-state index contributed by atoms with van der Waals surface area (Å²) in [6.45, 7) is 13.2. The number of hydrogen-bond donors (Lipinski definition) is 0. The molecular weight excluding hydrogens is 414 g/mol. The number of rotatable bonds is 5. The maximum atomic E-state index is 13.0. The SMILES string of the molecule is CC(C)(C)OC(=O)N1C(CO[Si](c2ccccc2)(c2ccccc2)C(C)(C)C)CC2CC21. The Morgan fingerprint density at radius 3 is 1.91 bits per heavy atom. The van der Waals surface area contributed by atoms with Gasteiger partial charge in [0.2, 0.25) is 0 Å². The average Bonchev–Trinajstić information content (AvgIpc) is 3.37. The molecule has 5 heteroatoms. The lowest BCUT2D eigenvalue weighted by molar-refractivity contribution is 0.0135. The van der Waals surface area contributed by atoms with Gasteiger partial charge in [-0.1, -0.05) is 81.4 Å². The van der Waals surface area contributed by atoms with Crippen molar-refractivity contribution in [3.05, 3.63) is 60.7 Å². The number of fused-ring (bicyclic) bond motifs is 1. The number of carbonyl (C=O) groups is 1. The Morgan fingerprint density at radius 2 is 1.44 bits per heavy atom. The Balaban J connectivity index is 1.66.